The van der Waals surface area contributed by atoms with Crippen LogP contribution in [0.5, 0.6) is 0 Å². The molecule has 1 fully saturated rings. The fourth-order valence-electron chi connectivity index (χ4n) is 2.02. The lowest BCUT2D eigenvalue weighted by Gasteiger charge is -2.29. The summed E-state index contributed by atoms with van der Waals surface area (Å²) in [5.41, 5.74) is 0.946. The van der Waals surface area contributed by atoms with Gasteiger partial charge in [0.1, 0.15) is 5.82 Å². The maximum absolute atomic E-state index is 9.85. The molecule has 2 unspecified atom stereocenters. The summed E-state index contributed by atoms with van der Waals surface area (Å²) in [5, 5.41) is 13.3. The summed E-state index contributed by atoms with van der Waals surface area (Å²) in [6.45, 7) is 1.92. The first-order valence-electron chi connectivity index (χ1n) is 5.60. The van der Waals surface area contributed by atoms with E-state index in [4.69, 9.17) is 11.6 Å². The molecule has 0 spiro atoms. The van der Waals surface area contributed by atoms with Gasteiger partial charge in [-0.05, 0) is 31.4 Å². The van der Waals surface area contributed by atoms with Crippen LogP contribution in [0.15, 0.2) is 6.20 Å². The topological polar surface area (TPSA) is 58.0 Å². The molecule has 0 amide bonds. The summed E-state index contributed by atoms with van der Waals surface area (Å²) in [4.78, 5) is 8.04. The minimum Gasteiger partial charge on any atom is -0.391 e. The number of hydrogen-bond acceptors (Lipinski definition) is 4. The van der Waals surface area contributed by atoms with Gasteiger partial charge in [0, 0.05) is 11.8 Å². The number of hydrogen-bond donors (Lipinski definition) is 2. The summed E-state index contributed by atoms with van der Waals surface area (Å²) in [5.74, 6) is 0.728. The van der Waals surface area contributed by atoms with Crippen LogP contribution in [-0.2, 0) is 0 Å². The number of aromatic nitrogens is 2. The summed E-state index contributed by atoms with van der Waals surface area (Å²) in [7, 11) is 0. The molecule has 1 aliphatic carbocycles. The van der Waals surface area contributed by atoms with Crippen molar-refractivity contribution in [2.24, 2.45) is 0 Å². The maximum atomic E-state index is 9.85. The van der Waals surface area contributed by atoms with Crippen molar-refractivity contribution >= 4 is 17.4 Å². The van der Waals surface area contributed by atoms with Crippen molar-refractivity contribution in [2.75, 3.05) is 5.32 Å². The van der Waals surface area contributed by atoms with Gasteiger partial charge in [-0.2, -0.15) is 0 Å². The molecule has 0 bridgehead atoms. The second-order valence-corrected chi connectivity index (χ2v) is 4.61. The zero-order valence-corrected chi connectivity index (χ0v) is 10.0. The molecule has 0 aliphatic heterocycles. The highest BCUT2D eigenvalue weighted by Gasteiger charge is 2.23. The largest absolute Gasteiger partial charge is 0.391 e. The summed E-state index contributed by atoms with van der Waals surface area (Å²) in [6, 6.07) is 0.0819. The summed E-state index contributed by atoms with van der Waals surface area (Å²) >= 11 is 5.75. The highest BCUT2D eigenvalue weighted by atomic mass is 35.5. The Morgan fingerprint density at radius 1 is 1.44 bits per heavy atom. The molecule has 1 aromatic heterocycles. The smallest absolute Gasteiger partial charge is 0.224 e. The minimum atomic E-state index is -0.290. The number of halogens is 1. The zero-order chi connectivity index (χ0) is 11.5. The van der Waals surface area contributed by atoms with Gasteiger partial charge in [0.15, 0.2) is 0 Å². The molecule has 1 aliphatic rings. The molecule has 1 heterocycles. The van der Waals surface area contributed by atoms with Crippen molar-refractivity contribution in [3.63, 3.8) is 0 Å². The van der Waals surface area contributed by atoms with Gasteiger partial charge in [0.2, 0.25) is 5.28 Å². The molecule has 4 nitrogen and oxygen atoms in total. The van der Waals surface area contributed by atoms with E-state index in [0.717, 1.165) is 37.1 Å². The average molecular weight is 242 g/mol. The number of rotatable bonds is 2. The van der Waals surface area contributed by atoms with Gasteiger partial charge in [-0.1, -0.05) is 12.8 Å². The number of aliphatic hydroxyl groups excluding tert-OH is 1. The predicted octanol–water partition coefficient (Wildman–Crippen LogP) is 2.15. The Balaban J connectivity index is 2.10. The first-order valence-corrected chi connectivity index (χ1v) is 5.98. The molecule has 1 aromatic rings. The highest BCUT2D eigenvalue weighted by molar-refractivity contribution is 6.28. The quantitative estimate of drug-likeness (QED) is 0.779. The van der Waals surface area contributed by atoms with E-state index < -0.39 is 0 Å². The number of nitrogens with zero attached hydrogens (tertiary/aromatic N) is 2. The van der Waals surface area contributed by atoms with Crippen LogP contribution in [0.4, 0.5) is 5.82 Å². The van der Waals surface area contributed by atoms with E-state index >= 15 is 0 Å². The van der Waals surface area contributed by atoms with Gasteiger partial charge in [0.05, 0.1) is 12.1 Å². The number of aliphatic hydroxyl groups is 1. The Hall–Kier alpha value is -0.870. The normalized spacial score (nSPS) is 25.4. The molecule has 0 saturated heterocycles. The van der Waals surface area contributed by atoms with Crippen molar-refractivity contribution in [3.05, 3.63) is 17.0 Å². The molecule has 1 saturated carbocycles. The predicted molar refractivity (Wildman–Crippen MR) is 63.7 cm³/mol. The number of aryl methyl sites for hydroxylation is 1. The molecular formula is C11H16ClN3O. The van der Waals surface area contributed by atoms with Crippen LogP contribution in [0.1, 0.15) is 31.2 Å². The standard InChI is InChI=1S/C11H16ClN3O/c1-7-6-13-11(12)15-10(7)14-8-4-2-3-5-9(8)16/h6,8-9,16H,2-5H2,1H3,(H,13,14,15). The Labute approximate surface area is 100 Å². The van der Waals surface area contributed by atoms with E-state index in [1.165, 1.54) is 0 Å². The van der Waals surface area contributed by atoms with Gasteiger partial charge in [-0.3, -0.25) is 0 Å². The fraction of sp³-hybridized carbons (Fsp3) is 0.636. The van der Waals surface area contributed by atoms with E-state index in [9.17, 15) is 5.11 Å². The molecule has 2 N–H and O–H groups in total. The van der Waals surface area contributed by atoms with E-state index in [-0.39, 0.29) is 17.4 Å². The zero-order valence-electron chi connectivity index (χ0n) is 9.28. The van der Waals surface area contributed by atoms with Gasteiger partial charge in [-0.15, -0.1) is 0 Å². The molecular weight excluding hydrogens is 226 g/mol. The molecule has 2 rings (SSSR count). The molecule has 0 radical (unpaired) electrons. The van der Waals surface area contributed by atoms with Crippen LogP contribution in [0, 0.1) is 6.92 Å². The summed E-state index contributed by atoms with van der Waals surface area (Å²) < 4.78 is 0. The van der Waals surface area contributed by atoms with Crippen molar-refractivity contribution < 1.29 is 5.11 Å². The second kappa shape index (κ2) is 4.97. The third-order valence-electron chi connectivity index (χ3n) is 2.99. The maximum Gasteiger partial charge on any atom is 0.224 e. The first kappa shape index (κ1) is 11.6. The Bertz CT molecular complexity index is 372. The molecule has 88 valence electrons. The highest BCUT2D eigenvalue weighted by Crippen LogP contribution is 2.23. The fourth-order valence-corrected chi connectivity index (χ4v) is 2.16. The Morgan fingerprint density at radius 3 is 2.94 bits per heavy atom. The first-order chi connectivity index (χ1) is 7.66. The second-order valence-electron chi connectivity index (χ2n) is 4.27. The van der Waals surface area contributed by atoms with Crippen LogP contribution in [0.25, 0.3) is 0 Å². The summed E-state index contributed by atoms with van der Waals surface area (Å²) in [6.07, 6.45) is 5.47. The third kappa shape index (κ3) is 2.62. The van der Waals surface area contributed by atoms with Gasteiger partial charge < -0.3 is 10.4 Å². The average Bonchev–Trinajstić information content (AvgIpc) is 2.27. The van der Waals surface area contributed by atoms with Gasteiger partial charge in [0.25, 0.3) is 0 Å². The van der Waals surface area contributed by atoms with Crippen LogP contribution in [0.2, 0.25) is 5.28 Å². The minimum absolute atomic E-state index is 0.0819. The van der Waals surface area contributed by atoms with E-state index in [1.807, 2.05) is 6.92 Å². The lowest BCUT2D eigenvalue weighted by molar-refractivity contribution is 0.116. The van der Waals surface area contributed by atoms with Crippen molar-refractivity contribution in [2.45, 2.75) is 44.8 Å². The van der Waals surface area contributed by atoms with Crippen LogP contribution >= 0.6 is 11.6 Å². The van der Waals surface area contributed by atoms with Crippen molar-refractivity contribution in [1.29, 1.82) is 0 Å². The lowest BCUT2D eigenvalue weighted by Crippen LogP contribution is -2.36. The number of nitrogens with one attached hydrogen (secondary N) is 1. The molecule has 16 heavy (non-hydrogen) atoms. The lowest BCUT2D eigenvalue weighted by atomic mass is 9.92. The Morgan fingerprint density at radius 2 is 2.19 bits per heavy atom. The van der Waals surface area contributed by atoms with E-state index in [0.29, 0.717) is 0 Å². The third-order valence-corrected chi connectivity index (χ3v) is 3.18. The van der Waals surface area contributed by atoms with Crippen LogP contribution in [-0.4, -0.2) is 27.2 Å². The SMILES string of the molecule is Cc1cnc(Cl)nc1NC1CCCCC1O. The Kier molecular flexibility index (Phi) is 3.61. The van der Waals surface area contributed by atoms with Crippen molar-refractivity contribution in [1.82, 2.24) is 9.97 Å². The molecule has 5 heteroatoms. The number of anilines is 1. The van der Waals surface area contributed by atoms with Gasteiger partial charge >= 0.3 is 0 Å². The van der Waals surface area contributed by atoms with E-state index in [2.05, 4.69) is 15.3 Å². The van der Waals surface area contributed by atoms with Crippen LogP contribution in [0.3, 0.4) is 0 Å². The van der Waals surface area contributed by atoms with Crippen molar-refractivity contribution in [3.8, 4) is 0 Å². The van der Waals surface area contributed by atoms with Crippen LogP contribution < -0.4 is 5.32 Å². The molecule has 0 aromatic carbocycles. The molecule has 2 atom stereocenters. The monoisotopic (exact) mass is 241 g/mol. The van der Waals surface area contributed by atoms with Gasteiger partial charge in [-0.25, -0.2) is 9.97 Å². The van der Waals surface area contributed by atoms with E-state index in [1.54, 1.807) is 6.20 Å².